The minimum atomic E-state index is -0.102. The lowest BCUT2D eigenvalue weighted by Gasteiger charge is -2.62. The topological polar surface area (TPSA) is 47.6 Å². The summed E-state index contributed by atoms with van der Waals surface area (Å²) in [4.78, 5) is 13.3. The molecule has 2 aromatic rings. The predicted octanol–water partition coefficient (Wildman–Crippen LogP) is 5.59. The van der Waals surface area contributed by atoms with Crippen LogP contribution in [0.5, 0.6) is 11.5 Å². The van der Waals surface area contributed by atoms with Gasteiger partial charge in [-0.15, -0.1) is 0 Å². The van der Waals surface area contributed by atoms with Gasteiger partial charge in [0.1, 0.15) is 17.1 Å². The number of carbonyl (C=O) groups is 1. The van der Waals surface area contributed by atoms with Gasteiger partial charge in [0.05, 0.1) is 14.2 Å². The first-order valence-electron chi connectivity index (χ1n) is 11.9. The molecule has 32 heavy (non-hydrogen) atoms. The molecule has 4 aliphatic carbocycles. The largest absolute Gasteiger partial charge is 0.496 e. The maximum Gasteiger partial charge on any atom is 0.258 e. The highest BCUT2D eigenvalue weighted by Crippen LogP contribution is 2.65. The molecule has 4 heteroatoms. The Labute approximate surface area is 191 Å². The molecule has 0 aromatic heterocycles. The molecule has 0 saturated heterocycles. The van der Waals surface area contributed by atoms with E-state index in [-0.39, 0.29) is 16.7 Å². The van der Waals surface area contributed by atoms with Crippen LogP contribution in [0.1, 0.15) is 65.6 Å². The van der Waals surface area contributed by atoms with Crippen molar-refractivity contribution in [1.29, 1.82) is 0 Å². The van der Waals surface area contributed by atoms with Gasteiger partial charge in [0.2, 0.25) is 0 Å². The molecule has 170 valence electrons. The summed E-state index contributed by atoms with van der Waals surface area (Å²) in [6.45, 7) is 5.16. The quantitative estimate of drug-likeness (QED) is 0.646. The first-order chi connectivity index (χ1) is 15.4. The number of hydrogen-bond acceptors (Lipinski definition) is 3. The van der Waals surface area contributed by atoms with Crippen LogP contribution in [0.2, 0.25) is 0 Å². The Hall–Kier alpha value is -2.49. The molecule has 2 atom stereocenters. The highest BCUT2D eigenvalue weighted by atomic mass is 16.5. The molecule has 6 rings (SSSR count). The third-order valence-corrected chi connectivity index (χ3v) is 8.58. The van der Waals surface area contributed by atoms with Crippen LogP contribution in [0.3, 0.4) is 0 Å². The lowest BCUT2D eigenvalue weighted by molar-refractivity contribution is -0.0697. The van der Waals surface area contributed by atoms with E-state index in [0.717, 1.165) is 18.4 Å². The molecule has 4 fully saturated rings. The number of aryl methyl sites for hydroxylation is 2. The van der Waals surface area contributed by atoms with Crippen LogP contribution in [-0.2, 0) is 5.41 Å². The van der Waals surface area contributed by atoms with E-state index in [2.05, 4.69) is 37.4 Å². The molecule has 0 aliphatic heterocycles. The van der Waals surface area contributed by atoms with Crippen LogP contribution < -0.4 is 14.8 Å². The minimum Gasteiger partial charge on any atom is -0.496 e. The summed E-state index contributed by atoms with van der Waals surface area (Å²) in [7, 11) is 3.19. The molecular weight excluding hydrogens is 398 g/mol. The van der Waals surface area contributed by atoms with Crippen molar-refractivity contribution in [2.24, 2.45) is 17.3 Å². The summed E-state index contributed by atoms with van der Waals surface area (Å²) in [5.41, 5.74) is 5.24. The van der Waals surface area contributed by atoms with Crippen molar-refractivity contribution in [3.8, 4) is 11.5 Å². The van der Waals surface area contributed by atoms with Crippen LogP contribution in [-0.4, -0.2) is 26.7 Å². The Morgan fingerprint density at radius 1 is 0.969 bits per heavy atom. The fourth-order valence-electron chi connectivity index (χ4n) is 7.50. The summed E-state index contributed by atoms with van der Waals surface area (Å²) in [5, 5.41) is 3.30. The first-order valence-corrected chi connectivity index (χ1v) is 11.9. The van der Waals surface area contributed by atoms with Crippen LogP contribution in [0.15, 0.2) is 36.4 Å². The molecule has 0 heterocycles. The number of nitrogens with one attached hydrogen (secondary N) is 1. The lowest BCUT2D eigenvalue weighted by atomic mass is 9.43. The Morgan fingerprint density at radius 3 is 2.22 bits per heavy atom. The predicted molar refractivity (Wildman–Crippen MR) is 127 cm³/mol. The number of methoxy groups -OCH3 is 2. The second-order valence-electron chi connectivity index (χ2n) is 10.8. The monoisotopic (exact) mass is 433 g/mol. The highest BCUT2D eigenvalue weighted by molar-refractivity contribution is 5.99. The van der Waals surface area contributed by atoms with Gasteiger partial charge in [0, 0.05) is 6.54 Å². The summed E-state index contributed by atoms with van der Waals surface area (Å²) in [6.07, 6.45) is 7.63. The second kappa shape index (κ2) is 7.83. The normalized spacial score (nSPS) is 30.2. The molecule has 0 spiro atoms. The van der Waals surface area contributed by atoms with Crippen LogP contribution in [0, 0.1) is 31.1 Å². The lowest BCUT2D eigenvalue weighted by Crippen LogP contribution is -2.57. The third-order valence-electron chi connectivity index (χ3n) is 8.58. The third kappa shape index (κ3) is 3.48. The van der Waals surface area contributed by atoms with E-state index in [4.69, 9.17) is 9.47 Å². The Balaban J connectivity index is 1.40. The number of hydrogen-bond donors (Lipinski definition) is 1. The fraction of sp³-hybridized carbons (Fsp3) is 0.536. The molecule has 4 aliphatic rings. The van der Waals surface area contributed by atoms with Crippen molar-refractivity contribution in [3.63, 3.8) is 0 Å². The van der Waals surface area contributed by atoms with E-state index in [1.807, 2.05) is 18.2 Å². The van der Waals surface area contributed by atoms with Crippen molar-refractivity contribution in [3.05, 3.63) is 58.7 Å². The summed E-state index contributed by atoms with van der Waals surface area (Å²) in [5.74, 6) is 2.55. The molecule has 1 N–H and O–H groups in total. The van der Waals surface area contributed by atoms with Gasteiger partial charge in [-0.3, -0.25) is 4.79 Å². The second-order valence-corrected chi connectivity index (χ2v) is 10.8. The van der Waals surface area contributed by atoms with E-state index in [1.54, 1.807) is 14.2 Å². The summed E-state index contributed by atoms with van der Waals surface area (Å²) in [6, 6.07) is 12.6. The van der Waals surface area contributed by atoms with Crippen LogP contribution in [0.25, 0.3) is 0 Å². The zero-order valence-corrected chi connectivity index (χ0v) is 19.8. The first kappa shape index (κ1) is 21.4. The van der Waals surface area contributed by atoms with Gasteiger partial charge in [-0.1, -0.05) is 24.3 Å². The molecule has 4 nitrogen and oxygen atoms in total. The molecule has 0 unspecified atom stereocenters. The standard InChI is InChI=1S/C28H35NO3/c1-18-8-9-22(10-19(18)2)28-14-20-11-21(15-28)13-27(12-20,16-28)17-29-26(30)25-23(31-3)6-5-7-24(25)32-4/h5-10,20-21H,11-17H2,1-4H3,(H,29,30)/t20-,21-,27?,28?/m0/s1. The van der Waals surface area contributed by atoms with E-state index in [0.29, 0.717) is 17.1 Å². The van der Waals surface area contributed by atoms with Crippen molar-refractivity contribution in [2.75, 3.05) is 20.8 Å². The van der Waals surface area contributed by atoms with Gasteiger partial charge < -0.3 is 14.8 Å². The molecule has 4 bridgehead atoms. The number of benzene rings is 2. The smallest absolute Gasteiger partial charge is 0.258 e. The molecule has 0 radical (unpaired) electrons. The Kier molecular flexibility index (Phi) is 5.22. The Morgan fingerprint density at radius 2 is 1.62 bits per heavy atom. The average Bonchev–Trinajstić information content (AvgIpc) is 2.77. The van der Waals surface area contributed by atoms with E-state index in [9.17, 15) is 4.79 Å². The van der Waals surface area contributed by atoms with E-state index < -0.39 is 0 Å². The maximum absolute atomic E-state index is 13.3. The van der Waals surface area contributed by atoms with Gasteiger partial charge in [-0.2, -0.15) is 0 Å². The summed E-state index contributed by atoms with van der Waals surface area (Å²) < 4.78 is 10.9. The summed E-state index contributed by atoms with van der Waals surface area (Å²) >= 11 is 0. The minimum absolute atomic E-state index is 0.102. The van der Waals surface area contributed by atoms with Crippen LogP contribution in [0.4, 0.5) is 0 Å². The van der Waals surface area contributed by atoms with Gasteiger partial charge in [0.25, 0.3) is 5.91 Å². The number of ether oxygens (including phenoxy) is 2. The van der Waals surface area contributed by atoms with Crippen molar-refractivity contribution >= 4 is 5.91 Å². The maximum atomic E-state index is 13.3. The zero-order valence-electron chi connectivity index (χ0n) is 19.8. The van der Waals surface area contributed by atoms with Gasteiger partial charge in [0.15, 0.2) is 0 Å². The molecular formula is C28H35NO3. The number of carbonyl (C=O) groups excluding carboxylic acids is 1. The van der Waals surface area contributed by atoms with E-state index >= 15 is 0 Å². The van der Waals surface area contributed by atoms with Gasteiger partial charge in [-0.25, -0.2) is 0 Å². The number of rotatable bonds is 6. The zero-order chi connectivity index (χ0) is 22.5. The molecule has 2 aromatic carbocycles. The van der Waals surface area contributed by atoms with E-state index in [1.165, 1.54) is 55.2 Å². The average molecular weight is 434 g/mol. The van der Waals surface area contributed by atoms with Gasteiger partial charge in [-0.05, 0) is 104 Å². The highest BCUT2D eigenvalue weighted by Gasteiger charge is 2.58. The fourth-order valence-corrected chi connectivity index (χ4v) is 7.50. The molecule has 1 amide bonds. The molecule has 4 saturated carbocycles. The SMILES string of the molecule is COc1cccc(OC)c1C(=O)NCC12C[C@@H]3C[C@@H](C1)CC(c1ccc(C)c(C)c1)(C3)C2. The van der Waals surface area contributed by atoms with Gasteiger partial charge >= 0.3 is 0 Å². The Bertz CT molecular complexity index is 1010. The van der Waals surface area contributed by atoms with Crippen LogP contribution >= 0.6 is 0 Å². The van der Waals surface area contributed by atoms with Crippen molar-refractivity contribution < 1.29 is 14.3 Å². The van der Waals surface area contributed by atoms with Crippen molar-refractivity contribution in [1.82, 2.24) is 5.32 Å². The number of amides is 1. The van der Waals surface area contributed by atoms with Crippen molar-refractivity contribution in [2.45, 2.75) is 57.8 Å².